The summed E-state index contributed by atoms with van der Waals surface area (Å²) in [6.45, 7) is 6.52. The number of nitrogens with one attached hydrogen (secondary N) is 2. The highest BCUT2D eigenvalue weighted by molar-refractivity contribution is 6.09. The van der Waals surface area contributed by atoms with E-state index in [0.29, 0.717) is 16.9 Å². The number of hydrogen-bond acceptors (Lipinski definition) is 5. The Morgan fingerprint density at radius 2 is 1.84 bits per heavy atom. The highest BCUT2D eigenvalue weighted by Crippen LogP contribution is 2.37. The molecule has 1 aromatic carbocycles. The molecule has 160 valence electrons. The number of carbonyl (C=O) groups excluding carboxylic acids is 2. The molecule has 1 aliphatic heterocycles. The van der Waals surface area contributed by atoms with Crippen molar-refractivity contribution in [2.45, 2.75) is 27.3 Å². The largest absolute Gasteiger partial charge is 0.449 e. The average Bonchev–Trinajstić information content (AvgIpc) is 3.11. The monoisotopic (exact) mass is 418 g/mol. The Hall–Kier alpha value is -3.61. The van der Waals surface area contributed by atoms with Crippen LogP contribution in [0.2, 0.25) is 0 Å². The summed E-state index contributed by atoms with van der Waals surface area (Å²) in [5.41, 5.74) is 4.39. The Morgan fingerprint density at radius 1 is 1.13 bits per heavy atom. The number of pyridine rings is 1. The second kappa shape index (κ2) is 8.26. The normalized spacial score (nSPS) is 13.6. The number of hydrogen-bond donors (Lipinski definition) is 2. The third-order valence-corrected chi connectivity index (χ3v) is 4.94. The van der Waals surface area contributed by atoms with Gasteiger partial charge in [-0.15, -0.1) is 0 Å². The maximum atomic E-state index is 13.1. The number of aromatic nitrogens is 2. The molecule has 0 fully saturated rings. The maximum absolute atomic E-state index is 13.1. The molecule has 0 saturated heterocycles. The summed E-state index contributed by atoms with van der Waals surface area (Å²) in [6, 6.07) is 13.5. The predicted molar refractivity (Wildman–Crippen MR) is 119 cm³/mol. The van der Waals surface area contributed by atoms with Crippen LogP contribution in [-0.4, -0.2) is 39.9 Å². The van der Waals surface area contributed by atoms with Gasteiger partial charge in [0.2, 0.25) is 0 Å². The summed E-state index contributed by atoms with van der Waals surface area (Å²) in [5, 5.41) is 3.39. The highest BCUT2D eigenvalue weighted by Gasteiger charge is 2.33. The van der Waals surface area contributed by atoms with E-state index >= 15 is 0 Å². The number of carbonyl (C=O) groups is 2. The molecule has 2 N–H and O–H groups in total. The van der Waals surface area contributed by atoms with Gasteiger partial charge in [0.15, 0.2) is 5.78 Å². The molecule has 1 amide bonds. The van der Waals surface area contributed by atoms with Crippen LogP contribution in [0, 0.1) is 5.41 Å². The SMILES string of the molecule is CC(C)(C)COC(=O)N1CC(=O)c2c([nH]c(-c3ccncc3)c2Nc2ccccc2)C1. The lowest BCUT2D eigenvalue weighted by Gasteiger charge is -2.27. The molecule has 1 aliphatic rings. The second-order valence-electron chi connectivity index (χ2n) is 8.85. The standard InChI is InChI=1S/C24H26N4O3/c1-24(2,3)15-31-23(30)28-13-18-20(19(29)14-28)22(26-17-7-5-4-6-8-17)21(27-18)16-9-11-25-12-10-16/h4-12,26-27H,13-15H2,1-3H3. The molecular formula is C24H26N4O3. The molecule has 0 spiro atoms. The average molecular weight is 418 g/mol. The fraction of sp³-hybridized carbons (Fsp3) is 0.292. The predicted octanol–water partition coefficient (Wildman–Crippen LogP) is 5.00. The summed E-state index contributed by atoms with van der Waals surface area (Å²) >= 11 is 0. The number of Topliss-reactive ketones (excluding diaryl/α,β-unsaturated/α-hetero) is 1. The van der Waals surface area contributed by atoms with E-state index in [4.69, 9.17) is 4.74 Å². The molecule has 7 heteroatoms. The number of anilines is 2. The van der Waals surface area contributed by atoms with Crippen LogP contribution >= 0.6 is 0 Å². The zero-order valence-corrected chi connectivity index (χ0v) is 17.9. The zero-order valence-electron chi connectivity index (χ0n) is 17.9. The van der Waals surface area contributed by atoms with Gasteiger partial charge in [-0.2, -0.15) is 0 Å². The zero-order chi connectivity index (χ0) is 22.0. The van der Waals surface area contributed by atoms with Crippen molar-refractivity contribution in [3.05, 3.63) is 66.1 Å². The van der Waals surface area contributed by atoms with E-state index in [9.17, 15) is 9.59 Å². The topological polar surface area (TPSA) is 87.3 Å². The number of ether oxygens (including phenoxy) is 1. The van der Waals surface area contributed by atoms with Crippen LogP contribution in [-0.2, 0) is 11.3 Å². The second-order valence-corrected chi connectivity index (χ2v) is 8.85. The minimum Gasteiger partial charge on any atom is -0.449 e. The van der Waals surface area contributed by atoms with Crippen LogP contribution < -0.4 is 5.32 Å². The van der Waals surface area contributed by atoms with E-state index in [2.05, 4.69) is 15.3 Å². The summed E-state index contributed by atoms with van der Waals surface area (Å²) in [7, 11) is 0. The van der Waals surface area contributed by atoms with E-state index in [1.807, 2.05) is 63.2 Å². The van der Waals surface area contributed by atoms with Crippen molar-refractivity contribution in [2.75, 3.05) is 18.5 Å². The molecule has 0 unspecified atom stereocenters. The van der Waals surface area contributed by atoms with Crippen molar-refractivity contribution in [1.29, 1.82) is 0 Å². The molecule has 0 radical (unpaired) electrons. The number of nitrogens with zero attached hydrogens (tertiary/aromatic N) is 2. The molecule has 0 aliphatic carbocycles. The summed E-state index contributed by atoms with van der Waals surface area (Å²) in [5.74, 6) is -0.135. The van der Waals surface area contributed by atoms with E-state index in [1.165, 1.54) is 4.90 Å². The van der Waals surface area contributed by atoms with E-state index in [-0.39, 0.29) is 30.9 Å². The molecular weight excluding hydrogens is 392 g/mol. The van der Waals surface area contributed by atoms with Gasteiger partial charge in [-0.1, -0.05) is 39.0 Å². The van der Waals surface area contributed by atoms with Crippen molar-refractivity contribution in [3.63, 3.8) is 0 Å². The quantitative estimate of drug-likeness (QED) is 0.622. The Kier molecular flexibility index (Phi) is 5.50. The first kappa shape index (κ1) is 20.7. The van der Waals surface area contributed by atoms with Crippen LogP contribution in [0.25, 0.3) is 11.3 Å². The Bertz CT molecular complexity index is 1090. The third kappa shape index (κ3) is 4.60. The molecule has 31 heavy (non-hydrogen) atoms. The molecule has 0 atom stereocenters. The minimum atomic E-state index is -0.480. The molecule has 0 bridgehead atoms. The molecule has 0 saturated carbocycles. The number of H-pyrrole nitrogens is 1. The van der Waals surface area contributed by atoms with Gasteiger partial charge in [0.1, 0.15) is 0 Å². The Labute approximate surface area is 181 Å². The van der Waals surface area contributed by atoms with Gasteiger partial charge in [0, 0.05) is 29.3 Å². The molecule has 4 rings (SSSR count). The Balaban J connectivity index is 1.69. The van der Waals surface area contributed by atoms with Gasteiger partial charge in [0.25, 0.3) is 0 Å². The van der Waals surface area contributed by atoms with Crippen molar-refractivity contribution in [2.24, 2.45) is 5.41 Å². The number of rotatable bonds is 4. The van der Waals surface area contributed by atoms with Crippen LogP contribution in [0.3, 0.4) is 0 Å². The lowest BCUT2D eigenvalue weighted by Crippen LogP contribution is -2.40. The number of para-hydroxylation sites is 1. The van der Waals surface area contributed by atoms with Crippen LogP contribution in [0.4, 0.5) is 16.2 Å². The third-order valence-electron chi connectivity index (χ3n) is 4.94. The first-order valence-corrected chi connectivity index (χ1v) is 10.2. The maximum Gasteiger partial charge on any atom is 0.410 e. The number of fused-ring (bicyclic) bond motifs is 1. The van der Waals surface area contributed by atoms with Gasteiger partial charge >= 0.3 is 6.09 Å². The van der Waals surface area contributed by atoms with Gasteiger partial charge in [-0.05, 0) is 29.7 Å². The van der Waals surface area contributed by atoms with Crippen LogP contribution in [0.5, 0.6) is 0 Å². The van der Waals surface area contributed by atoms with Gasteiger partial charge < -0.3 is 15.0 Å². The Morgan fingerprint density at radius 3 is 2.52 bits per heavy atom. The smallest absolute Gasteiger partial charge is 0.410 e. The summed E-state index contributed by atoms with van der Waals surface area (Å²) in [6.07, 6.45) is 2.94. The van der Waals surface area contributed by atoms with Crippen molar-refractivity contribution in [3.8, 4) is 11.3 Å². The minimum absolute atomic E-state index is 0.0207. The summed E-state index contributed by atoms with van der Waals surface area (Å²) in [4.78, 5) is 34.6. The van der Waals surface area contributed by atoms with Crippen molar-refractivity contribution >= 4 is 23.3 Å². The summed E-state index contributed by atoms with van der Waals surface area (Å²) < 4.78 is 5.42. The van der Waals surface area contributed by atoms with Gasteiger partial charge in [-0.3, -0.25) is 14.7 Å². The van der Waals surface area contributed by atoms with Crippen LogP contribution in [0.15, 0.2) is 54.9 Å². The van der Waals surface area contributed by atoms with Gasteiger partial charge in [-0.25, -0.2) is 4.79 Å². The van der Waals surface area contributed by atoms with Crippen LogP contribution in [0.1, 0.15) is 36.8 Å². The number of ketones is 1. The number of aromatic amines is 1. The first-order valence-electron chi connectivity index (χ1n) is 10.2. The number of amides is 1. The molecule has 2 aromatic heterocycles. The lowest BCUT2D eigenvalue weighted by atomic mass is 9.99. The fourth-order valence-electron chi connectivity index (χ4n) is 3.50. The molecule has 3 aromatic rings. The lowest BCUT2D eigenvalue weighted by molar-refractivity contribution is 0.0624. The van der Waals surface area contributed by atoms with E-state index < -0.39 is 6.09 Å². The van der Waals surface area contributed by atoms with Gasteiger partial charge in [0.05, 0.1) is 36.6 Å². The van der Waals surface area contributed by atoms with E-state index in [0.717, 1.165) is 16.9 Å². The first-order chi connectivity index (χ1) is 14.8. The molecule has 7 nitrogen and oxygen atoms in total. The fourth-order valence-corrected chi connectivity index (χ4v) is 3.50. The highest BCUT2D eigenvalue weighted by atomic mass is 16.6. The van der Waals surface area contributed by atoms with E-state index in [1.54, 1.807) is 12.4 Å². The number of benzene rings is 1. The van der Waals surface area contributed by atoms with Crippen molar-refractivity contribution in [1.82, 2.24) is 14.9 Å². The molecule has 3 heterocycles. The van der Waals surface area contributed by atoms with Crippen molar-refractivity contribution < 1.29 is 14.3 Å².